The van der Waals surface area contributed by atoms with Gasteiger partial charge in [-0.25, -0.2) is 0 Å². The number of amides is 1. The van der Waals surface area contributed by atoms with E-state index in [9.17, 15) is 4.79 Å². The molecule has 1 aromatic heterocycles. The van der Waals surface area contributed by atoms with Crippen molar-refractivity contribution in [1.29, 1.82) is 0 Å². The molecule has 0 atom stereocenters. The Morgan fingerprint density at radius 1 is 0.933 bits per heavy atom. The summed E-state index contributed by atoms with van der Waals surface area (Å²) in [6.07, 6.45) is 5.15. The second-order valence-electron chi connectivity index (χ2n) is 7.87. The lowest BCUT2D eigenvalue weighted by Gasteiger charge is -2.27. The Morgan fingerprint density at radius 2 is 1.73 bits per heavy atom. The Balaban J connectivity index is 1.39. The lowest BCUT2D eigenvalue weighted by Crippen LogP contribution is -2.35. The predicted octanol–water partition coefficient (Wildman–Crippen LogP) is 6.07. The molecule has 30 heavy (non-hydrogen) atoms. The molecule has 5 rings (SSSR count). The Bertz CT molecular complexity index is 1250. The Kier molecular flexibility index (Phi) is 4.72. The van der Waals surface area contributed by atoms with Gasteiger partial charge in [-0.3, -0.25) is 4.79 Å². The van der Waals surface area contributed by atoms with E-state index < -0.39 is 0 Å². The molecule has 0 unspecified atom stereocenters. The van der Waals surface area contributed by atoms with Crippen molar-refractivity contribution in [2.45, 2.75) is 13.3 Å². The summed E-state index contributed by atoms with van der Waals surface area (Å²) in [5.41, 5.74) is 7.74. The maximum absolute atomic E-state index is 13.3. The second kappa shape index (κ2) is 7.68. The molecule has 0 saturated carbocycles. The van der Waals surface area contributed by atoms with Crippen molar-refractivity contribution >= 4 is 22.4 Å². The fourth-order valence-electron chi connectivity index (χ4n) is 4.27. The number of para-hydroxylation sites is 1. The van der Waals surface area contributed by atoms with Gasteiger partial charge in [-0.2, -0.15) is 0 Å². The first-order chi connectivity index (χ1) is 14.7. The van der Waals surface area contributed by atoms with Crippen LogP contribution in [0.25, 0.3) is 27.6 Å². The number of nitrogens with one attached hydrogen (secondary N) is 1. The quantitative estimate of drug-likeness (QED) is 0.451. The maximum Gasteiger partial charge on any atom is 0.254 e. The number of carbonyl (C=O) groups is 1. The molecule has 3 heteroatoms. The zero-order valence-electron chi connectivity index (χ0n) is 17.1. The third-order valence-electron chi connectivity index (χ3n) is 6.01. The minimum absolute atomic E-state index is 0.111. The van der Waals surface area contributed by atoms with Crippen LogP contribution in [0, 0.1) is 6.92 Å². The van der Waals surface area contributed by atoms with Crippen LogP contribution in [0.1, 0.15) is 27.9 Å². The van der Waals surface area contributed by atoms with Gasteiger partial charge in [-0.15, -0.1) is 0 Å². The molecule has 1 aliphatic rings. The molecule has 0 radical (unpaired) electrons. The molecule has 0 spiro atoms. The molecule has 3 nitrogen and oxygen atoms in total. The van der Waals surface area contributed by atoms with Crippen LogP contribution in [-0.2, 0) is 0 Å². The third kappa shape index (κ3) is 3.33. The number of hydrogen-bond acceptors (Lipinski definition) is 1. The van der Waals surface area contributed by atoms with Crippen molar-refractivity contribution < 1.29 is 4.79 Å². The zero-order valence-corrected chi connectivity index (χ0v) is 17.1. The van der Waals surface area contributed by atoms with Crippen LogP contribution in [0.4, 0.5) is 0 Å². The maximum atomic E-state index is 13.3. The molecular formula is C27H24N2O. The first-order valence-electron chi connectivity index (χ1n) is 10.4. The molecule has 2 heterocycles. The standard InChI is InChI=1S/C27H24N2O/c1-19-11-12-22(20-7-3-2-4-8-20)17-24(19)27(30)29-15-13-21(14-16-29)25-18-28-26-10-6-5-9-23(25)26/h2-13,17-18,28H,14-16H2,1H3. The van der Waals surface area contributed by atoms with Gasteiger partial charge in [-0.1, -0.05) is 66.7 Å². The van der Waals surface area contributed by atoms with Gasteiger partial charge in [-0.05, 0) is 47.7 Å². The van der Waals surface area contributed by atoms with Gasteiger partial charge in [0.25, 0.3) is 5.91 Å². The minimum atomic E-state index is 0.111. The topological polar surface area (TPSA) is 36.1 Å². The number of aromatic nitrogens is 1. The highest BCUT2D eigenvalue weighted by Crippen LogP contribution is 2.30. The number of hydrogen-bond donors (Lipinski definition) is 1. The average Bonchev–Trinajstić information content (AvgIpc) is 3.24. The van der Waals surface area contributed by atoms with Crippen LogP contribution < -0.4 is 0 Å². The predicted molar refractivity (Wildman–Crippen MR) is 123 cm³/mol. The minimum Gasteiger partial charge on any atom is -0.361 e. The SMILES string of the molecule is Cc1ccc(-c2ccccc2)cc1C(=O)N1CC=C(c2c[nH]c3ccccc23)CC1. The second-order valence-corrected chi connectivity index (χ2v) is 7.87. The first kappa shape index (κ1) is 18.4. The van der Waals surface area contributed by atoms with E-state index in [4.69, 9.17) is 0 Å². The van der Waals surface area contributed by atoms with Gasteiger partial charge >= 0.3 is 0 Å². The van der Waals surface area contributed by atoms with E-state index in [0.717, 1.165) is 40.7 Å². The number of fused-ring (bicyclic) bond motifs is 1. The lowest BCUT2D eigenvalue weighted by atomic mass is 9.96. The van der Waals surface area contributed by atoms with E-state index in [1.165, 1.54) is 16.5 Å². The number of carbonyl (C=O) groups excluding carboxylic acids is 1. The summed E-state index contributed by atoms with van der Waals surface area (Å²) in [5, 5.41) is 1.25. The van der Waals surface area contributed by atoms with E-state index in [1.54, 1.807) is 0 Å². The summed E-state index contributed by atoms with van der Waals surface area (Å²) in [7, 11) is 0. The van der Waals surface area contributed by atoms with Crippen LogP contribution in [0.2, 0.25) is 0 Å². The number of rotatable bonds is 3. The number of nitrogens with zero attached hydrogens (tertiary/aromatic N) is 1. The van der Waals surface area contributed by atoms with Crippen LogP contribution in [0.5, 0.6) is 0 Å². The van der Waals surface area contributed by atoms with Gasteiger partial charge < -0.3 is 9.88 Å². The highest BCUT2D eigenvalue weighted by Gasteiger charge is 2.22. The molecule has 0 bridgehead atoms. The highest BCUT2D eigenvalue weighted by molar-refractivity contribution is 5.98. The van der Waals surface area contributed by atoms with Crippen LogP contribution in [0.15, 0.2) is 85.1 Å². The highest BCUT2D eigenvalue weighted by atomic mass is 16.2. The summed E-state index contributed by atoms with van der Waals surface area (Å²) < 4.78 is 0. The van der Waals surface area contributed by atoms with Gasteiger partial charge in [0.05, 0.1) is 0 Å². The Morgan fingerprint density at radius 3 is 2.53 bits per heavy atom. The first-order valence-corrected chi connectivity index (χ1v) is 10.4. The molecule has 0 aliphatic carbocycles. The largest absolute Gasteiger partial charge is 0.361 e. The molecule has 0 saturated heterocycles. The van der Waals surface area contributed by atoms with E-state index >= 15 is 0 Å². The normalized spacial score (nSPS) is 14.0. The number of H-pyrrole nitrogens is 1. The fourth-order valence-corrected chi connectivity index (χ4v) is 4.27. The van der Waals surface area contributed by atoms with E-state index in [1.807, 2.05) is 48.2 Å². The van der Waals surface area contributed by atoms with Crippen molar-refractivity contribution in [2.24, 2.45) is 0 Å². The van der Waals surface area contributed by atoms with Crippen molar-refractivity contribution in [2.75, 3.05) is 13.1 Å². The molecule has 0 fully saturated rings. The molecule has 1 amide bonds. The summed E-state index contributed by atoms with van der Waals surface area (Å²) in [6.45, 7) is 3.39. The fraction of sp³-hybridized carbons (Fsp3) is 0.148. The van der Waals surface area contributed by atoms with Gasteiger partial charge in [0.2, 0.25) is 0 Å². The van der Waals surface area contributed by atoms with Crippen LogP contribution >= 0.6 is 0 Å². The number of aromatic amines is 1. The molecular weight excluding hydrogens is 368 g/mol. The van der Waals surface area contributed by atoms with Gasteiger partial charge in [0.15, 0.2) is 0 Å². The Labute approximate surface area is 176 Å². The summed E-state index contributed by atoms with van der Waals surface area (Å²) >= 11 is 0. The van der Waals surface area contributed by atoms with E-state index in [0.29, 0.717) is 6.54 Å². The van der Waals surface area contributed by atoms with Gasteiger partial charge in [0.1, 0.15) is 0 Å². The zero-order chi connectivity index (χ0) is 20.5. The smallest absolute Gasteiger partial charge is 0.254 e. The number of benzene rings is 3. The average molecular weight is 393 g/mol. The van der Waals surface area contributed by atoms with Crippen LogP contribution in [-0.4, -0.2) is 28.9 Å². The molecule has 148 valence electrons. The van der Waals surface area contributed by atoms with Crippen molar-refractivity contribution in [3.8, 4) is 11.1 Å². The van der Waals surface area contributed by atoms with Gasteiger partial charge in [0, 0.05) is 41.3 Å². The summed E-state index contributed by atoms with van der Waals surface area (Å²) in [4.78, 5) is 18.6. The molecule has 3 aromatic carbocycles. The number of aryl methyl sites for hydroxylation is 1. The molecule has 1 N–H and O–H groups in total. The lowest BCUT2D eigenvalue weighted by molar-refractivity contribution is 0.0772. The summed E-state index contributed by atoms with van der Waals surface area (Å²) in [5.74, 6) is 0.111. The molecule has 4 aromatic rings. The van der Waals surface area contributed by atoms with Crippen LogP contribution in [0.3, 0.4) is 0 Å². The van der Waals surface area contributed by atoms with E-state index in [2.05, 4.69) is 53.7 Å². The van der Waals surface area contributed by atoms with Crippen molar-refractivity contribution in [3.63, 3.8) is 0 Å². The van der Waals surface area contributed by atoms with Crippen molar-refractivity contribution in [3.05, 3.63) is 102 Å². The molecule has 1 aliphatic heterocycles. The Hall–Kier alpha value is -3.59. The van der Waals surface area contributed by atoms with E-state index in [-0.39, 0.29) is 5.91 Å². The summed E-state index contributed by atoms with van der Waals surface area (Å²) in [6, 6.07) is 24.8. The monoisotopic (exact) mass is 392 g/mol. The third-order valence-corrected chi connectivity index (χ3v) is 6.01. The van der Waals surface area contributed by atoms with Crippen molar-refractivity contribution in [1.82, 2.24) is 9.88 Å².